The lowest BCUT2D eigenvalue weighted by Crippen LogP contribution is -2.31. The first-order valence-electron chi connectivity index (χ1n) is 7.30. The lowest BCUT2D eigenvalue weighted by atomic mass is 10.2. The molecule has 0 radical (unpaired) electrons. The van der Waals surface area contributed by atoms with Crippen molar-refractivity contribution in [2.45, 2.75) is 26.3 Å². The van der Waals surface area contributed by atoms with Crippen LogP contribution in [0.5, 0.6) is 5.75 Å². The molecule has 2 aromatic heterocycles. The van der Waals surface area contributed by atoms with Crippen molar-refractivity contribution in [3.63, 3.8) is 0 Å². The Morgan fingerprint density at radius 3 is 2.86 bits per heavy atom. The molecule has 1 N–H and O–H groups in total. The zero-order valence-electron chi connectivity index (χ0n) is 12.8. The molecule has 4 nitrogen and oxygen atoms in total. The van der Waals surface area contributed by atoms with Gasteiger partial charge < -0.3 is 10.1 Å². The van der Waals surface area contributed by atoms with E-state index in [2.05, 4.69) is 23.3 Å². The molecular weight excluding hydrogens is 296 g/mol. The number of carbonyl (C=O) groups is 1. The van der Waals surface area contributed by atoms with Gasteiger partial charge in [0.05, 0.1) is 17.5 Å². The monoisotopic (exact) mass is 314 g/mol. The molecule has 0 spiro atoms. The number of thiophene rings is 1. The molecule has 0 saturated heterocycles. The minimum absolute atomic E-state index is 0.0287. The van der Waals surface area contributed by atoms with Gasteiger partial charge in [-0.25, -0.2) is 4.98 Å². The Morgan fingerprint density at radius 2 is 2.14 bits per heavy atom. The minimum Gasteiger partial charge on any atom is -0.497 e. The summed E-state index contributed by atoms with van der Waals surface area (Å²) in [6.45, 7) is 4.06. The molecule has 1 amide bonds. The number of fused-ring (bicyclic) bond motifs is 2. The first-order valence-corrected chi connectivity index (χ1v) is 8.11. The summed E-state index contributed by atoms with van der Waals surface area (Å²) in [7, 11) is 1.65. The van der Waals surface area contributed by atoms with Crippen molar-refractivity contribution in [3.05, 3.63) is 35.2 Å². The van der Waals surface area contributed by atoms with E-state index in [0.29, 0.717) is 4.88 Å². The third kappa shape index (κ3) is 2.76. The van der Waals surface area contributed by atoms with Gasteiger partial charge in [0.2, 0.25) is 0 Å². The average Bonchev–Trinajstić information content (AvgIpc) is 2.94. The first-order chi connectivity index (χ1) is 10.6. The molecule has 1 unspecified atom stereocenters. The SMILES string of the molecule is CCC(C)NC(=O)c1cc2cc3cc(OC)ccc3nc2s1. The van der Waals surface area contributed by atoms with E-state index in [-0.39, 0.29) is 11.9 Å². The van der Waals surface area contributed by atoms with E-state index in [9.17, 15) is 4.79 Å². The number of hydrogen-bond acceptors (Lipinski definition) is 4. The van der Waals surface area contributed by atoms with Crippen LogP contribution in [0, 0.1) is 0 Å². The summed E-state index contributed by atoms with van der Waals surface area (Å²) < 4.78 is 5.24. The Balaban J connectivity index is 2.02. The first kappa shape index (κ1) is 14.8. The number of nitrogens with one attached hydrogen (secondary N) is 1. The van der Waals surface area contributed by atoms with Crippen molar-refractivity contribution in [1.82, 2.24) is 10.3 Å². The van der Waals surface area contributed by atoms with Crippen LogP contribution in [0.2, 0.25) is 0 Å². The number of amides is 1. The van der Waals surface area contributed by atoms with E-state index in [0.717, 1.165) is 33.3 Å². The van der Waals surface area contributed by atoms with Gasteiger partial charge in [0.25, 0.3) is 5.91 Å². The van der Waals surface area contributed by atoms with Gasteiger partial charge >= 0.3 is 0 Å². The predicted octanol–water partition coefficient (Wildman–Crippen LogP) is 3.99. The number of ether oxygens (including phenoxy) is 1. The van der Waals surface area contributed by atoms with Crippen LogP contribution in [-0.2, 0) is 0 Å². The van der Waals surface area contributed by atoms with Crippen molar-refractivity contribution in [2.24, 2.45) is 0 Å². The topological polar surface area (TPSA) is 51.2 Å². The fourth-order valence-corrected chi connectivity index (χ4v) is 3.17. The summed E-state index contributed by atoms with van der Waals surface area (Å²) in [5.74, 6) is 0.776. The highest BCUT2D eigenvalue weighted by molar-refractivity contribution is 7.20. The number of benzene rings is 1. The number of hydrogen-bond donors (Lipinski definition) is 1. The maximum absolute atomic E-state index is 12.2. The summed E-state index contributed by atoms with van der Waals surface area (Å²) in [6, 6.07) is 9.92. The lowest BCUT2D eigenvalue weighted by Gasteiger charge is -2.09. The number of rotatable bonds is 4. The molecule has 3 rings (SSSR count). The Labute approximate surface area is 133 Å². The maximum Gasteiger partial charge on any atom is 0.261 e. The molecule has 1 aromatic carbocycles. The summed E-state index contributed by atoms with van der Waals surface area (Å²) in [6.07, 6.45) is 0.915. The van der Waals surface area contributed by atoms with Crippen LogP contribution in [0.4, 0.5) is 0 Å². The second-order valence-electron chi connectivity index (χ2n) is 5.33. The Kier molecular flexibility index (Phi) is 3.98. The predicted molar refractivity (Wildman–Crippen MR) is 90.9 cm³/mol. The zero-order chi connectivity index (χ0) is 15.7. The Hall–Kier alpha value is -2.14. The lowest BCUT2D eigenvalue weighted by molar-refractivity contribution is 0.0943. The van der Waals surface area contributed by atoms with Crippen molar-refractivity contribution < 1.29 is 9.53 Å². The Morgan fingerprint density at radius 1 is 1.32 bits per heavy atom. The second-order valence-corrected chi connectivity index (χ2v) is 6.37. The van der Waals surface area contributed by atoms with Crippen LogP contribution in [0.25, 0.3) is 21.1 Å². The largest absolute Gasteiger partial charge is 0.497 e. The van der Waals surface area contributed by atoms with Gasteiger partial charge in [0, 0.05) is 16.8 Å². The van der Waals surface area contributed by atoms with E-state index in [1.165, 1.54) is 11.3 Å². The molecule has 0 fully saturated rings. The van der Waals surface area contributed by atoms with Gasteiger partial charge in [-0.15, -0.1) is 11.3 Å². The molecule has 114 valence electrons. The summed E-state index contributed by atoms with van der Waals surface area (Å²) >= 11 is 1.43. The fraction of sp³-hybridized carbons (Fsp3) is 0.294. The quantitative estimate of drug-likeness (QED) is 0.792. The van der Waals surface area contributed by atoms with Gasteiger partial charge in [-0.05, 0) is 43.7 Å². The van der Waals surface area contributed by atoms with Gasteiger partial charge in [0.1, 0.15) is 10.6 Å². The highest BCUT2D eigenvalue weighted by Gasteiger charge is 2.13. The van der Waals surface area contributed by atoms with Crippen LogP contribution in [0.3, 0.4) is 0 Å². The molecule has 0 bridgehead atoms. The number of nitrogens with zero attached hydrogens (tertiary/aromatic N) is 1. The summed E-state index contributed by atoms with van der Waals surface area (Å²) in [4.78, 5) is 18.4. The molecule has 5 heteroatoms. The third-order valence-electron chi connectivity index (χ3n) is 3.72. The number of methoxy groups -OCH3 is 1. The average molecular weight is 314 g/mol. The summed E-state index contributed by atoms with van der Waals surface area (Å²) in [5.41, 5.74) is 0.907. The number of aromatic nitrogens is 1. The van der Waals surface area contributed by atoms with Gasteiger partial charge in [-0.3, -0.25) is 4.79 Å². The molecule has 1 atom stereocenters. The van der Waals surface area contributed by atoms with Crippen LogP contribution >= 0.6 is 11.3 Å². The van der Waals surface area contributed by atoms with Gasteiger partial charge in [-0.2, -0.15) is 0 Å². The van der Waals surface area contributed by atoms with Crippen LogP contribution < -0.4 is 10.1 Å². The highest BCUT2D eigenvalue weighted by atomic mass is 32.1. The van der Waals surface area contributed by atoms with E-state index in [1.807, 2.05) is 31.2 Å². The smallest absolute Gasteiger partial charge is 0.261 e. The van der Waals surface area contributed by atoms with Crippen molar-refractivity contribution >= 4 is 38.4 Å². The fourth-order valence-electron chi connectivity index (χ4n) is 2.25. The molecule has 0 aliphatic rings. The molecule has 0 saturated carbocycles. The molecule has 3 aromatic rings. The molecule has 0 aliphatic carbocycles. The maximum atomic E-state index is 12.2. The van der Waals surface area contributed by atoms with Gasteiger partial charge in [-0.1, -0.05) is 6.92 Å². The normalized spacial score (nSPS) is 12.5. The highest BCUT2D eigenvalue weighted by Crippen LogP contribution is 2.29. The van der Waals surface area contributed by atoms with Crippen LogP contribution in [0.15, 0.2) is 30.3 Å². The standard InChI is InChI=1S/C17H18N2O2S/c1-4-10(2)18-16(20)15-9-12-7-11-8-13(21-3)5-6-14(11)19-17(12)22-15/h5-10H,4H2,1-3H3,(H,18,20). The van der Waals surface area contributed by atoms with Crippen molar-refractivity contribution in [1.29, 1.82) is 0 Å². The number of carbonyl (C=O) groups excluding carboxylic acids is 1. The number of pyridine rings is 1. The van der Waals surface area contributed by atoms with E-state index >= 15 is 0 Å². The molecular formula is C17H18N2O2S. The Bertz CT molecular complexity index is 841. The van der Waals surface area contributed by atoms with E-state index in [1.54, 1.807) is 7.11 Å². The van der Waals surface area contributed by atoms with Crippen molar-refractivity contribution in [3.8, 4) is 5.75 Å². The third-order valence-corrected chi connectivity index (χ3v) is 4.77. The van der Waals surface area contributed by atoms with Crippen LogP contribution in [0.1, 0.15) is 29.9 Å². The minimum atomic E-state index is -0.0287. The molecule has 22 heavy (non-hydrogen) atoms. The zero-order valence-corrected chi connectivity index (χ0v) is 13.7. The van der Waals surface area contributed by atoms with E-state index < -0.39 is 0 Å². The van der Waals surface area contributed by atoms with E-state index in [4.69, 9.17) is 4.74 Å². The summed E-state index contributed by atoms with van der Waals surface area (Å²) in [5, 5.41) is 4.99. The van der Waals surface area contributed by atoms with Gasteiger partial charge in [0.15, 0.2) is 0 Å². The molecule has 2 heterocycles. The van der Waals surface area contributed by atoms with Crippen LogP contribution in [-0.4, -0.2) is 24.0 Å². The second kappa shape index (κ2) is 5.93. The molecule has 0 aliphatic heterocycles. The van der Waals surface area contributed by atoms with Crippen molar-refractivity contribution in [2.75, 3.05) is 7.11 Å².